The molecule has 1 N–H and O–H groups in total. The topological polar surface area (TPSA) is 56.1 Å². The van der Waals surface area contributed by atoms with E-state index in [0.717, 1.165) is 11.1 Å². The number of carbonyl (C=O) groups is 1. The SMILES string of the molecule is Cc1cc(O[C@@H](C)C(=O)Nc2ccnn2Cc2cccs2)cc(C)c1Cl. The van der Waals surface area contributed by atoms with Gasteiger partial charge in [-0.2, -0.15) is 5.10 Å². The smallest absolute Gasteiger partial charge is 0.266 e. The van der Waals surface area contributed by atoms with Crippen molar-refractivity contribution in [2.45, 2.75) is 33.4 Å². The van der Waals surface area contributed by atoms with Crippen LogP contribution in [0.5, 0.6) is 5.75 Å². The van der Waals surface area contributed by atoms with Crippen LogP contribution in [0.2, 0.25) is 5.02 Å². The van der Waals surface area contributed by atoms with Gasteiger partial charge < -0.3 is 10.1 Å². The minimum absolute atomic E-state index is 0.233. The molecule has 26 heavy (non-hydrogen) atoms. The van der Waals surface area contributed by atoms with Crippen LogP contribution < -0.4 is 10.1 Å². The number of thiophene rings is 1. The van der Waals surface area contributed by atoms with E-state index in [1.807, 2.05) is 43.5 Å². The Kier molecular flexibility index (Phi) is 5.64. The first-order valence-corrected chi connectivity index (χ1v) is 9.48. The number of anilines is 1. The van der Waals surface area contributed by atoms with Crippen LogP contribution >= 0.6 is 22.9 Å². The van der Waals surface area contributed by atoms with E-state index in [4.69, 9.17) is 16.3 Å². The fraction of sp³-hybridized carbons (Fsp3) is 0.263. The maximum Gasteiger partial charge on any atom is 0.266 e. The second kappa shape index (κ2) is 7.93. The molecule has 1 atom stereocenters. The fourth-order valence-corrected chi connectivity index (χ4v) is 3.37. The van der Waals surface area contributed by atoms with E-state index < -0.39 is 6.10 Å². The van der Waals surface area contributed by atoms with Crippen LogP contribution in [0, 0.1) is 13.8 Å². The Bertz CT molecular complexity index is 882. The number of hydrogen-bond acceptors (Lipinski definition) is 4. The van der Waals surface area contributed by atoms with Gasteiger partial charge >= 0.3 is 0 Å². The first-order valence-electron chi connectivity index (χ1n) is 8.22. The standard InChI is InChI=1S/C19H20ClN3O2S/c1-12-9-15(10-13(2)18(12)20)25-14(3)19(24)22-17-6-7-21-23(17)11-16-5-4-8-26-16/h4-10,14H,11H2,1-3H3,(H,22,24)/t14-/m0/s1. The van der Waals surface area contributed by atoms with Gasteiger partial charge in [-0.25, -0.2) is 4.68 Å². The zero-order chi connectivity index (χ0) is 18.7. The number of aryl methyl sites for hydroxylation is 2. The van der Waals surface area contributed by atoms with Crippen LogP contribution in [0.4, 0.5) is 5.82 Å². The average molecular weight is 390 g/mol. The Labute approximate surface area is 161 Å². The molecule has 0 fully saturated rings. The summed E-state index contributed by atoms with van der Waals surface area (Å²) < 4.78 is 7.55. The molecule has 0 saturated heterocycles. The number of nitrogens with one attached hydrogen (secondary N) is 1. The molecule has 1 aromatic carbocycles. The third kappa shape index (κ3) is 4.26. The quantitative estimate of drug-likeness (QED) is 0.666. The summed E-state index contributed by atoms with van der Waals surface area (Å²) in [4.78, 5) is 13.7. The summed E-state index contributed by atoms with van der Waals surface area (Å²) >= 11 is 7.83. The van der Waals surface area contributed by atoms with E-state index >= 15 is 0 Å². The molecule has 3 rings (SSSR count). The van der Waals surface area contributed by atoms with Crippen molar-refractivity contribution in [1.82, 2.24) is 9.78 Å². The first kappa shape index (κ1) is 18.5. The summed E-state index contributed by atoms with van der Waals surface area (Å²) in [6.07, 6.45) is 1.01. The molecule has 0 aliphatic heterocycles. The largest absolute Gasteiger partial charge is 0.481 e. The summed E-state index contributed by atoms with van der Waals surface area (Å²) in [5.74, 6) is 1.03. The minimum atomic E-state index is -0.653. The lowest BCUT2D eigenvalue weighted by Gasteiger charge is -2.16. The van der Waals surface area contributed by atoms with Crippen molar-refractivity contribution in [3.63, 3.8) is 0 Å². The third-order valence-corrected chi connectivity index (χ3v) is 5.40. The van der Waals surface area contributed by atoms with E-state index in [2.05, 4.69) is 10.4 Å². The number of carbonyl (C=O) groups excluding carboxylic acids is 1. The van der Waals surface area contributed by atoms with Crippen molar-refractivity contribution in [2.75, 3.05) is 5.32 Å². The molecule has 5 nitrogen and oxygen atoms in total. The Morgan fingerprint density at radius 2 is 2.08 bits per heavy atom. The Morgan fingerprint density at radius 3 is 2.73 bits per heavy atom. The van der Waals surface area contributed by atoms with E-state index in [1.165, 1.54) is 4.88 Å². The van der Waals surface area contributed by atoms with Crippen molar-refractivity contribution in [3.8, 4) is 5.75 Å². The third-order valence-electron chi connectivity index (χ3n) is 3.95. The number of rotatable bonds is 6. The van der Waals surface area contributed by atoms with Gasteiger partial charge in [0.25, 0.3) is 5.91 Å². The van der Waals surface area contributed by atoms with Gasteiger partial charge in [-0.1, -0.05) is 17.7 Å². The van der Waals surface area contributed by atoms with Gasteiger partial charge in [0.1, 0.15) is 11.6 Å². The van der Waals surface area contributed by atoms with E-state index in [-0.39, 0.29) is 5.91 Å². The van der Waals surface area contributed by atoms with Gasteiger partial charge in [0.05, 0.1) is 12.7 Å². The number of amides is 1. The minimum Gasteiger partial charge on any atom is -0.481 e. The molecule has 2 aromatic heterocycles. The van der Waals surface area contributed by atoms with Crippen LogP contribution in [0.3, 0.4) is 0 Å². The highest BCUT2D eigenvalue weighted by Crippen LogP contribution is 2.26. The Balaban J connectivity index is 1.66. The number of halogens is 1. The van der Waals surface area contributed by atoms with Gasteiger partial charge in [-0.05, 0) is 55.5 Å². The number of nitrogens with zero attached hydrogens (tertiary/aromatic N) is 2. The van der Waals surface area contributed by atoms with Crippen LogP contribution in [-0.4, -0.2) is 21.8 Å². The molecule has 7 heteroatoms. The number of aromatic nitrogens is 2. The van der Waals surface area contributed by atoms with Crippen LogP contribution in [0.1, 0.15) is 22.9 Å². The second-order valence-corrected chi connectivity index (χ2v) is 7.48. The average Bonchev–Trinajstić information content (AvgIpc) is 3.25. The highest BCUT2D eigenvalue weighted by Gasteiger charge is 2.17. The molecule has 0 radical (unpaired) electrons. The van der Waals surface area contributed by atoms with E-state index in [9.17, 15) is 4.79 Å². The van der Waals surface area contributed by atoms with Crippen LogP contribution in [0.15, 0.2) is 41.9 Å². The van der Waals surface area contributed by atoms with Crippen molar-refractivity contribution < 1.29 is 9.53 Å². The monoisotopic (exact) mass is 389 g/mol. The molecular formula is C19H20ClN3O2S. The number of hydrogen-bond donors (Lipinski definition) is 1. The van der Waals surface area contributed by atoms with Gasteiger partial charge in [-0.3, -0.25) is 4.79 Å². The normalized spacial score (nSPS) is 12.0. The lowest BCUT2D eigenvalue weighted by molar-refractivity contribution is -0.122. The zero-order valence-corrected chi connectivity index (χ0v) is 16.4. The Morgan fingerprint density at radius 1 is 1.35 bits per heavy atom. The molecule has 0 aliphatic rings. The Hall–Kier alpha value is -2.31. The van der Waals surface area contributed by atoms with E-state index in [1.54, 1.807) is 35.2 Å². The van der Waals surface area contributed by atoms with Gasteiger partial charge in [0, 0.05) is 16.0 Å². The number of ether oxygens (including phenoxy) is 1. The summed E-state index contributed by atoms with van der Waals surface area (Å²) in [6.45, 7) is 6.16. The first-order chi connectivity index (χ1) is 12.4. The molecule has 3 aromatic rings. The van der Waals surface area contributed by atoms with Crippen molar-refractivity contribution >= 4 is 34.7 Å². The van der Waals surface area contributed by atoms with Crippen molar-refractivity contribution in [3.05, 3.63) is 62.9 Å². The summed E-state index contributed by atoms with van der Waals surface area (Å²) in [5, 5.41) is 9.88. The molecule has 2 heterocycles. The van der Waals surface area contributed by atoms with Gasteiger partial charge in [0.15, 0.2) is 6.10 Å². The van der Waals surface area contributed by atoms with Crippen LogP contribution in [0.25, 0.3) is 0 Å². The van der Waals surface area contributed by atoms with E-state index in [0.29, 0.717) is 23.1 Å². The number of benzene rings is 1. The predicted molar refractivity (Wildman–Crippen MR) is 105 cm³/mol. The molecule has 0 aliphatic carbocycles. The van der Waals surface area contributed by atoms with Crippen molar-refractivity contribution in [2.24, 2.45) is 0 Å². The molecule has 1 amide bonds. The lowest BCUT2D eigenvalue weighted by atomic mass is 10.1. The molecule has 136 valence electrons. The van der Waals surface area contributed by atoms with Gasteiger partial charge in [0.2, 0.25) is 0 Å². The maximum atomic E-state index is 12.5. The lowest BCUT2D eigenvalue weighted by Crippen LogP contribution is -2.31. The maximum absolute atomic E-state index is 12.5. The zero-order valence-electron chi connectivity index (χ0n) is 14.8. The molecule has 0 saturated carbocycles. The fourth-order valence-electron chi connectivity index (χ4n) is 2.57. The predicted octanol–water partition coefficient (Wildman–Crippen LogP) is 4.67. The summed E-state index contributed by atoms with van der Waals surface area (Å²) in [5.41, 5.74) is 1.84. The highest BCUT2D eigenvalue weighted by molar-refractivity contribution is 7.09. The second-order valence-electron chi connectivity index (χ2n) is 6.07. The molecular weight excluding hydrogens is 370 g/mol. The van der Waals surface area contributed by atoms with Gasteiger partial charge in [-0.15, -0.1) is 11.3 Å². The molecule has 0 unspecified atom stereocenters. The van der Waals surface area contributed by atoms with Crippen molar-refractivity contribution in [1.29, 1.82) is 0 Å². The molecule has 0 spiro atoms. The summed E-state index contributed by atoms with van der Waals surface area (Å²) in [6, 6.07) is 9.47. The summed E-state index contributed by atoms with van der Waals surface area (Å²) in [7, 11) is 0. The van der Waals surface area contributed by atoms with Crippen LogP contribution in [-0.2, 0) is 11.3 Å². The highest BCUT2D eigenvalue weighted by atomic mass is 35.5. The molecule has 0 bridgehead atoms.